The first-order valence-corrected chi connectivity index (χ1v) is 9.41. The van der Waals surface area contributed by atoms with Crippen molar-refractivity contribution in [2.45, 2.75) is 19.4 Å². The summed E-state index contributed by atoms with van der Waals surface area (Å²) < 4.78 is 5.08. The number of nitro groups is 1. The van der Waals surface area contributed by atoms with Crippen molar-refractivity contribution >= 4 is 23.6 Å². The van der Waals surface area contributed by atoms with E-state index in [1.165, 1.54) is 23.1 Å². The van der Waals surface area contributed by atoms with Gasteiger partial charge in [-0.3, -0.25) is 19.7 Å². The van der Waals surface area contributed by atoms with Crippen molar-refractivity contribution in [3.8, 4) is 5.75 Å². The highest BCUT2D eigenvalue weighted by Crippen LogP contribution is 2.23. The highest BCUT2D eigenvalue weighted by molar-refractivity contribution is 5.92. The van der Waals surface area contributed by atoms with Gasteiger partial charge >= 0.3 is 0 Å². The van der Waals surface area contributed by atoms with Crippen LogP contribution in [-0.4, -0.2) is 42.3 Å². The quantitative estimate of drug-likeness (QED) is 0.387. The summed E-state index contributed by atoms with van der Waals surface area (Å²) in [6.45, 7) is 1.99. The number of nitrogens with one attached hydrogen (secondary N) is 1. The molecule has 0 bridgehead atoms. The molecule has 8 heteroatoms. The largest absolute Gasteiger partial charge is 0.497 e. The van der Waals surface area contributed by atoms with Crippen molar-refractivity contribution in [3.63, 3.8) is 0 Å². The summed E-state index contributed by atoms with van der Waals surface area (Å²) in [5.74, 6) is 0.264. The van der Waals surface area contributed by atoms with Crippen LogP contribution in [0.3, 0.4) is 0 Å². The number of hydrogen-bond acceptors (Lipinski definition) is 5. The van der Waals surface area contributed by atoms with Gasteiger partial charge in [0.1, 0.15) is 5.75 Å². The number of carbonyl (C=O) groups excluding carboxylic acids is 2. The van der Waals surface area contributed by atoms with Crippen LogP contribution in [0, 0.1) is 10.1 Å². The van der Waals surface area contributed by atoms with Crippen molar-refractivity contribution in [2.24, 2.45) is 0 Å². The van der Waals surface area contributed by atoms with Crippen molar-refractivity contribution < 1.29 is 19.2 Å². The molecule has 2 aromatic rings. The number of hydrogen-bond donors (Lipinski definition) is 1. The van der Waals surface area contributed by atoms with Crippen LogP contribution in [0.15, 0.2) is 54.6 Å². The molecule has 0 saturated heterocycles. The van der Waals surface area contributed by atoms with E-state index in [1.807, 2.05) is 12.1 Å². The van der Waals surface area contributed by atoms with Gasteiger partial charge in [-0.25, -0.2) is 0 Å². The molecule has 0 saturated carbocycles. The summed E-state index contributed by atoms with van der Waals surface area (Å²) in [5.41, 5.74) is 1.51. The monoisotopic (exact) mass is 411 g/mol. The van der Waals surface area contributed by atoms with Gasteiger partial charge in [-0.05, 0) is 36.3 Å². The summed E-state index contributed by atoms with van der Waals surface area (Å²) in [7, 11) is 3.22. The van der Waals surface area contributed by atoms with Crippen molar-refractivity contribution in [3.05, 3.63) is 75.8 Å². The minimum atomic E-state index is -0.465. The predicted molar refractivity (Wildman–Crippen MR) is 114 cm³/mol. The molecule has 1 atom stereocenters. The highest BCUT2D eigenvalue weighted by Gasteiger charge is 2.19. The Morgan fingerprint density at radius 1 is 1.23 bits per heavy atom. The van der Waals surface area contributed by atoms with E-state index in [1.54, 1.807) is 51.4 Å². The third-order valence-electron chi connectivity index (χ3n) is 4.72. The zero-order valence-corrected chi connectivity index (χ0v) is 17.2. The number of nitro benzene ring substituents is 1. The van der Waals surface area contributed by atoms with E-state index in [2.05, 4.69) is 5.32 Å². The fourth-order valence-electron chi connectivity index (χ4n) is 2.75. The topological polar surface area (TPSA) is 102 Å². The molecule has 0 unspecified atom stereocenters. The Labute approximate surface area is 175 Å². The van der Waals surface area contributed by atoms with Gasteiger partial charge in [-0.15, -0.1) is 0 Å². The summed E-state index contributed by atoms with van der Waals surface area (Å²) in [6, 6.07) is 13.1. The average molecular weight is 411 g/mol. The number of benzene rings is 2. The van der Waals surface area contributed by atoms with Crippen LogP contribution >= 0.6 is 0 Å². The Hall–Kier alpha value is -3.68. The Kier molecular flexibility index (Phi) is 8.10. The van der Waals surface area contributed by atoms with E-state index in [9.17, 15) is 19.7 Å². The lowest BCUT2D eigenvalue weighted by Crippen LogP contribution is -2.33. The second-order valence-electron chi connectivity index (χ2n) is 6.68. The second-order valence-corrected chi connectivity index (χ2v) is 6.68. The maximum atomic E-state index is 12.4. The molecule has 0 radical (unpaired) electrons. The molecule has 0 fully saturated rings. The number of methoxy groups -OCH3 is 1. The molecule has 1 N–H and O–H groups in total. The van der Waals surface area contributed by atoms with Gasteiger partial charge < -0.3 is 15.0 Å². The van der Waals surface area contributed by atoms with Gasteiger partial charge in [0.2, 0.25) is 11.8 Å². The number of carbonyl (C=O) groups is 2. The van der Waals surface area contributed by atoms with Crippen LogP contribution in [0.5, 0.6) is 5.75 Å². The lowest BCUT2D eigenvalue weighted by molar-refractivity contribution is -0.384. The first kappa shape index (κ1) is 22.6. The van der Waals surface area contributed by atoms with E-state index in [4.69, 9.17) is 4.74 Å². The number of ether oxygens (including phenoxy) is 1. The third-order valence-corrected chi connectivity index (χ3v) is 4.72. The molecule has 0 aromatic heterocycles. The van der Waals surface area contributed by atoms with Crippen molar-refractivity contribution in [2.75, 3.05) is 20.7 Å². The van der Waals surface area contributed by atoms with Crippen molar-refractivity contribution in [1.29, 1.82) is 0 Å². The maximum absolute atomic E-state index is 12.4. The second kappa shape index (κ2) is 10.8. The SMILES string of the molecule is COc1ccc(/C=C/C(=O)NCCC(=O)N(C)[C@H](C)c2cccc([N+](=O)[O-])c2)cc1. The normalized spacial score (nSPS) is 11.7. The fraction of sp³-hybridized carbons (Fsp3) is 0.273. The van der Waals surface area contributed by atoms with Gasteiger partial charge in [0.05, 0.1) is 18.1 Å². The molecular weight excluding hydrogens is 386 g/mol. The Bertz CT molecular complexity index is 925. The average Bonchev–Trinajstić information content (AvgIpc) is 2.76. The Balaban J connectivity index is 1.82. The van der Waals surface area contributed by atoms with Gasteiger partial charge in [-0.1, -0.05) is 24.3 Å². The van der Waals surface area contributed by atoms with E-state index in [0.717, 1.165) is 11.3 Å². The first-order chi connectivity index (χ1) is 14.3. The molecule has 0 aliphatic heterocycles. The van der Waals surface area contributed by atoms with Crippen molar-refractivity contribution in [1.82, 2.24) is 10.2 Å². The van der Waals surface area contributed by atoms with Crippen LogP contribution in [0.2, 0.25) is 0 Å². The standard InChI is InChI=1S/C22H25N3O5/c1-16(18-5-4-6-19(15-18)25(28)29)24(2)22(27)13-14-23-21(26)12-9-17-7-10-20(30-3)11-8-17/h4-12,15-16H,13-14H2,1-3H3,(H,23,26)/b12-9+/t16-/m1/s1. The van der Waals surface area contributed by atoms with Gasteiger partial charge in [0.15, 0.2) is 0 Å². The zero-order chi connectivity index (χ0) is 22.1. The van der Waals surface area contributed by atoms with Gasteiger partial charge in [-0.2, -0.15) is 0 Å². The number of amides is 2. The molecule has 30 heavy (non-hydrogen) atoms. The molecule has 0 heterocycles. The Morgan fingerprint density at radius 2 is 1.93 bits per heavy atom. The number of nitrogens with zero attached hydrogens (tertiary/aromatic N) is 2. The molecule has 0 aliphatic rings. The molecule has 0 spiro atoms. The molecule has 2 rings (SSSR count). The lowest BCUT2D eigenvalue weighted by atomic mass is 10.1. The molecular formula is C22H25N3O5. The third kappa shape index (κ3) is 6.44. The summed E-state index contributed by atoms with van der Waals surface area (Å²) in [5, 5.41) is 13.6. The molecule has 8 nitrogen and oxygen atoms in total. The smallest absolute Gasteiger partial charge is 0.269 e. The maximum Gasteiger partial charge on any atom is 0.269 e. The van der Waals surface area contributed by atoms with E-state index < -0.39 is 4.92 Å². The van der Waals surface area contributed by atoms with E-state index in [0.29, 0.717) is 5.56 Å². The minimum absolute atomic E-state index is 0.0175. The van der Waals surface area contributed by atoms with Crippen LogP contribution in [-0.2, 0) is 9.59 Å². The number of non-ortho nitro benzene ring substituents is 1. The summed E-state index contributed by atoms with van der Waals surface area (Å²) in [6.07, 6.45) is 3.20. The fourth-order valence-corrected chi connectivity index (χ4v) is 2.75. The molecule has 158 valence electrons. The molecule has 2 aromatic carbocycles. The number of rotatable bonds is 9. The van der Waals surface area contributed by atoms with Crippen LogP contribution in [0.4, 0.5) is 5.69 Å². The zero-order valence-electron chi connectivity index (χ0n) is 17.2. The van der Waals surface area contributed by atoms with Gasteiger partial charge in [0, 0.05) is 38.2 Å². The minimum Gasteiger partial charge on any atom is -0.497 e. The lowest BCUT2D eigenvalue weighted by Gasteiger charge is -2.25. The van der Waals surface area contributed by atoms with Crippen LogP contribution in [0.25, 0.3) is 6.08 Å². The van der Waals surface area contributed by atoms with Gasteiger partial charge in [0.25, 0.3) is 5.69 Å². The summed E-state index contributed by atoms with van der Waals surface area (Å²) in [4.78, 5) is 36.3. The van der Waals surface area contributed by atoms with Crippen LogP contribution < -0.4 is 10.1 Å². The molecule has 2 amide bonds. The first-order valence-electron chi connectivity index (χ1n) is 9.41. The summed E-state index contributed by atoms with van der Waals surface area (Å²) >= 11 is 0. The van der Waals surface area contributed by atoms with E-state index in [-0.39, 0.29) is 36.5 Å². The highest BCUT2D eigenvalue weighted by atomic mass is 16.6. The van der Waals surface area contributed by atoms with E-state index >= 15 is 0 Å². The Morgan fingerprint density at radius 3 is 2.57 bits per heavy atom. The van der Waals surface area contributed by atoms with Crippen LogP contribution in [0.1, 0.15) is 30.5 Å². The molecule has 0 aliphatic carbocycles. The predicted octanol–water partition coefficient (Wildman–Crippen LogP) is 3.34.